The molecule has 0 spiro atoms. The first-order valence-electron chi connectivity index (χ1n) is 5.56. The zero-order chi connectivity index (χ0) is 12.4. The molecule has 1 aliphatic heterocycles. The molecule has 2 rings (SSSR count). The fourth-order valence-electron chi connectivity index (χ4n) is 1.46. The average Bonchev–Trinajstić information content (AvgIpc) is 2.23. The van der Waals surface area contributed by atoms with E-state index < -0.39 is 5.97 Å². The van der Waals surface area contributed by atoms with Crippen LogP contribution in [-0.2, 0) is 4.74 Å². The van der Waals surface area contributed by atoms with Gasteiger partial charge in [-0.2, -0.15) is 0 Å². The molecule has 2 heterocycles. The normalized spacial score (nSPS) is 15.9. The first-order chi connectivity index (χ1) is 8.06. The van der Waals surface area contributed by atoms with E-state index in [1.807, 2.05) is 13.8 Å². The van der Waals surface area contributed by atoms with Crippen molar-refractivity contribution >= 4 is 17.7 Å². The van der Waals surface area contributed by atoms with E-state index in [-0.39, 0.29) is 5.92 Å². The molecule has 0 aliphatic carbocycles. The Bertz CT molecular complexity index is 430. The zero-order valence-electron chi connectivity index (χ0n) is 9.84. The predicted octanol–water partition coefficient (Wildman–Crippen LogP) is 2.39. The van der Waals surface area contributed by atoms with Crippen molar-refractivity contribution < 1.29 is 14.6 Å². The number of hydrogen-bond donors (Lipinski definition) is 1. The van der Waals surface area contributed by atoms with E-state index in [4.69, 9.17) is 9.84 Å². The summed E-state index contributed by atoms with van der Waals surface area (Å²) >= 11 is 1.59. The van der Waals surface area contributed by atoms with Gasteiger partial charge in [0, 0.05) is 5.69 Å². The van der Waals surface area contributed by atoms with Crippen LogP contribution in [0.5, 0.6) is 0 Å². The lowest BCUT2D eigenvalue weighted by atomic mass is 10.1. The maximum absolute atomic E-state index is 11.0. The Kier molecular flexibility index (Phi) is 3.69. The highest BCUT2D eigenvalue weighted by atomic mass is 32.2. The molecule has 0 radical (unpaired) electrons. The van der Waals surface area contributed by atoms with Gasteiger partial charge >= 0.3 is 5.97 Å². The number of aromatic carboxylic acids is 1. The molecular weight excluding hydrogens is 238 g/mol. The van der Waals surface area contributed by atoms with Crippen molar-refractivity contribution in [3.8, 4) is 0 Å². The van der Waals surface area contributed by atoms with Crippen LogP contribution in [0, 0.1) is 0 Å². The summed E-state index contributed by atoms with van der Waals surface area (Å²) in [6.45, 7) is 5.46. The third-order valence-corrected chi connectivity index (χ3v) is 3.61. The largest absolute Gasteiger partial charge is 0.478 e. The Labute approximate surface area is 104 Å². The van der Waals surface area contributed by atoms with Crippen molar-refractivity contribution in [2.45, 2.75) is 30.0 Å². The Hall–Kier alpha value is -1.07. The van der Waals surface area contributed by atoms with Crippen molar-refractivity contribution in [1.29, 1.82) is 0 Å². The number of hydrogen-bond acceptors (Lipinski definition) is 4. The Morgan fingerprint density at radius 3 is 2.71 bits per heavy atom. The van der Waals surface area contributed by atoms with Gasteiger partial charge in [-0.15, -0.1) is 0 Å². The van der Waals surface area contributed by atoms with Gasteiger partial charge in [-0.25, -0.2) is 9.78 Å². The van der Waals surface area contributed by atoms with Crippen molar-refractivity contribution in [3.63, 3.8) is 0 Å². The molecule has 0 amide bonds. The second kappa shape index (κ2) is 5.06. The molecule has 0 saturated carbocycles. The third-order valence-electron chi connectivity index (χ3n) is 2.56. The van der Waals surface area contributed by atoms with Gasteiger partial charge in [0.15, 0.2) is 0 Å². The molecule has 1 saturated heterocycles. The molecule has 4 nitrogen and oxygen atoms in total. The topological polar surface area (TPSA) is 59.4 Å². The monoisotopic (exact) mass is 253 g/mol. The molecule has 1 N–H and O–H groups in total. The number of ether oxygens (including phenoxy) is 1. The molecule has 1 aromatic heterocycles. The van der Waals surface area contributed by atoms with Crippen molar-refractivity contribution in [3.05, 3.63) is 23.4 Å². The lowest BCUT2D eigenvalue weighted by molar-refractivity contribution is 0.0454. The Morgan fingerprint density at radius 1 is 1.53 bits per heavy atom. The van der Waals surface area contributed by atoms with Crippen LogP contribution in [-0.4, -0.2) is 34.5 Å². The first-order valence-corrected chi connectivity index (χ1v) is 6.44. The maximum Gasteiger partial charge on any atom is 0.335 e. The number of aromatic nitrogens is 1. The van der Waals surface area contributed by atoms with Crippen LogP contribution in [0.15, 0.2) is 17.2 Å². The lowest BCUT2D eigenvalue weighted by Crippen LogP contribution is -2.30. The summed E-state index contributed by atoms with van der Waals surface area (Å²) < 4.78 is 5.10. The summed E-state index contributed by atoms with van der Waals surface area (Å²) in [6.07, 6.45) is 0. The van der Waals surface area contributed by atoms with Crippen LogP contribution in [0.4, 0.5) is 0 Å². The highest BCUT2D eigenvalue weighted by Gasteiger charge is 2.21. The molecule has 1 aliphatic rings. The van der Waals surface area contributed by atoms with Gasteiger partial charge in [-0.05, 0) is 18.1 Å². The molecule has 92 valence electrons. The van der Waals surface area contributed by atoms with Crippen LogP contribution >= 0.6 is 11.8 Å². The second-order valence-corrected chi connectivity index (χ2v) is 5.68. The van der Waals surface area contributed by atoms with Gasteiger partial charge in [0.2, 0.25) is 0 Å². The number of carboxylic acid groups (broad SMARTS) is 1. The van der Waals surface area contributed by atoms with E-state index in [1.54, 1.807) is 23.9 Å². The summed E-state index contributed by atoms with van der Waals surface area (Å²) in [5, 5.41) is 10.2. The predicted molar refractivity (Wildman–Crippen MR) is 65.7 cm³/mol. The quantitative estimate of drug-likeness (QED) is 0.892. The molecule has 0 atom stereocenters. The van der Waals surface area contributed by atoms with Crippen molar-refractivity contribution in [2.24, 2.45) is 0 Å². The Balaban J connectivity index is 2.26. The molecule has 0 unspecified atom stereocenters. The minimum atomic E-state index is -0.902. The SMILES string of the molecule is CC(C)c1cc(C(=O)O)cc(SC2COC2)n1. The third kappa shape index (κ3) is 2.98. The van der Waals surface area contributed by atoms with Crippen molar-refractivity contribution in [1.82, 2.24) is 4.98 Å². The van der Waals surface area contributed by atoms with E-state index >= 15 is 0 Å². The van der Waals surface area contributed by atoms with E-state index in [1.165, 1.54) is 0 Å². The standard InChI is InChI=1S/C12H15NO3S/c1-7(2)10-3-8(12(14)15)4-11(13-10)17-9-5-16-6-9/h3-4,7,9H,5-6H2,1-2H3,(H,14,15). The molecule has 5 heteroatoms. The van der Waals surface area contributed by atoms with Crippen LogP contribution in [0.1, 0.15) is 35.8 Å². The number of thioether (sulfide) groups is 1. The van der Waals surface area contributed by atoms with Crippen LogP contribution in [0.2, 0.25) is 0 Å². The minimum absolute atomic E-state index is 0.228. The molecule has 17 heavy (non-hydrogen) atoms. The number of carboxylic acids is 1. The minimum Gasteiger partial charge on any atom is -0.478 e. The summed E-state index contributed by atoms with van der Waals surface area (Å²) in [5.41, 5.74) is 1.14. The van der Waals surface area contributed by atoms with Gasteiger partial charge < -0.3 is 9.84 Å². The summed E-state index contributed by atoms with van der Waals surface area (Å²) in [7, 11) is 0. The number of nitrogens with zero attached hydrogens (tertiary/aromatic N) is 1. The lowest BCUT2D eigenvalue weighted by Gasteiger charge is -2.25. The highest BCUT2D eigenvalue weighted by molar-refractivity contribution is 8.00. The maximum atomic E-state index is 11.0. The molecule has 0 aromatic carbocycles. The van der Waals surface area contributed by atoms with E-state index in [0.29, 0.717) is 10.8 Å². The fraction of sp³-hybridized carbons (Fsp3) is 0.500. The second-order valence-electron chi connectivity index (χ2n) is 4.36. The average molecular weight is 253 g/mol. The smallest absolute Gasteiger partial charge is 0.335 e. The van der Waals surface area contributed by atoms with Crippen LogP contribution in [0.25, 0.3) is 0 Å². The van der Waals surface area contributed by atoms with Gasteiger partial charge in [0.05, 0.1) is 29.1 Å². The molecule has 1 fully saturated rings. The number of pyridine rings is 1. The van der Waals surface area contributed by atoms with Gasteiger partial charge in [0.25, 0.3) is 0 Å². The van der Waals surface area contributed by atoms with Gasteiger partial charge in [-0.3, -0.25) is 0 Å². The van der Waals surface area contributed by atoms with E-state index in [0.717, 1.165) is 23.9 Å². The van der Waals surface area contributed by atoms with E-state index in [2.05, 4.69) is 4.98 Å². The summed E-state index contributed by atoms with van der Waals surface area (Å²) in [5.74, 6) is -0.674. The van der Waals surface area contributed by atoms with Crippen LogP contribution < -0.4 is 0 Å². The molecular formula is C12H15NO3S. The fourth-order valence-corrected chi connectivity index (χ4v) is 2.48. The zero-order valence-corrected chi connectivity index (χ0v) is 10.7. The van der Waals surface area contributed by atoms with Gasteiger partial charge in [-0.1, -0.05) is 25.6 Å². The van der Waals surface area contributed by atoms with Crippen molar-refractivity contribution in [2.75, 3.05) is 13.2 Å². The first kappa shape index (κ1) is 12.4. The molecule has 1 aromatic rings. The number of carbonyl (C=O) groups is 1. The van der Waals surface area contributed by atoms with Crippen LogP contribution in [0.3, 0.4) is 0 Å². The molecule has 0 bridgehead atoms. The van der Waals surface area contributed by atoms with Gasteiger partial charge in [0.1, 0.15) is 0 Å². The highest BCUT2D eigenvalue weighted by Crippen LogP contribution is 2.28. The number of rotatable bonds is 4. The Morgan fingerprint density at radius 2 is 2.24 bits per heavy atom. The summed E-state index contributed by atoms with van der Waals surface area (Å²) in [4.78, 5) is 15.5. The summed E-state index contributed by atoms with van der Waals surface area (Å²) in [6, 6.07) is 3.28. The van der Waals surface area contributed by atoms with E-state index in [9.17, 15) is 4.79 Å².